The molecule has 0 atom stereocenters. The van der Waals surface area contributed by atoms with Crippen LogP contribution in [0.2, 0.25) is 0 Å². The van der Waals surface area contributed by atoms with Gasteiger partial charge in [0.2, 0.25) is 0 Å². The van der Waals surface area contributed by atoms with Crippen molar-refractivity contribution in [1.82, 2.24) is 9.38 Å². The maximum Gasteiger partial charge on any atom is 0.122 e. The molecule has 4 nitrogen and oxygen atoms in total. The van der Waals surface area contributed by atoms with E-state index in [0.717, 1.165) is 17.1 Å². The van der Waals surface area contributed by atoms with E-state index in [1.54, 1.807) is 6.26 Å². The second-order valence-corrected chi connectivity index (χ2v) is 5.08. The quantitative estimate of drug-likeness (QED) is 0.612. The van der Waals surface area contributed by atoms with Crippen LogP contribution >= 0.6 is 0 Å². The third-order valence-electron chi connectivity index (χ3n) is 3.69. The lowest BCUT2D eigenvalue weighted by molar-refractivity contribution is 0.517. The van der Waals surface area contributed by atoms with Crippen LogP contribution in [0.5, 0.6) is 0 Å². The van der Waals surface area contributed by atoms with E-state index in [-0.39, 0.29) is 0 Å². The van der Waals surface area contributed by atoms with Gasteiger partial charge in [-0.05, 0) is 29.8 Å². The Morgan fingerprint density at radius 2 is 1.91 bits per heavy atom. The van der Waals surface area contributed by atoms with Crippen LogP contribution in [0.25, 0.3) is 16.6 Å². The molecule has 0 spiro atoms. The summed E-state index contributed by atoms with van der Waals surface area (Å²) in [6, 6.07) is 18.4. The van der Waals surface area contributed by atoms with Gasteiger partial charge in [0.25, 0.3) is 0 Å². The molecule has 4 heteroatoms. The summed E-state index contributed by atoms with van der Waals surface area (Å²) in [5.74, 6) is 1.89. The normalized spacial score (nSPS) is 10.9. The molecule has 22 heavy (non-hydrogen) atoms. The molecular formula is C18H15N3O. The lowest BCUT2D eigenvalue weighted by Gasteiger charge is -2.11. The first-order valence-electron chi connectivity index (χ1n) is 7.18. The van der Waals surface area contributed by atoms with Gasteiger partial charge in [-0.3, -0.25) is 4.40 Å². The van der Waals surface area contributed by atoms with E-state index < -0.39 is 0 Å². The van der Waals surface area contributed by atoms with Crippen molar-refractivity contribution < 1.29 is 4.42 Å². The van der Waals surface area contributed by atoms with E-state index >= 15 is 0 Å². The SMILES string of the molecule is c1ccc(-c2ccc(NCc3ccco3)n3cncc23)cc1. The maximum atomic E-state index is 5.35. The minimum atomic E-state index is 0.644. The molecule has 0 radical (unpaired) electrons. The van der Waals surface area contributed by atoms with Crippen LogP contribution in [-0.2, 0) is 6.54 Å². The highest BCUT2D eigenvalue weighted by Crippen LogP contribution is 2.27. The molecule has 0 aliphatic heterocycles. The van der Waals surface area contributed by atoms with Gasteiger partial charge >= 0.3 is 0 Å². The standard InChI is InChI=1S/C18H15N3O/c1-2-5-14(6-3-1)16-8-9-18(21-13-19-12-17(16)21)20-11-15-7-4-10-22-15/h1-10,12-13,20H,11H2. The smallest absolute Gasteiger partial charge is 0.122 e. The van der Waals surface area contributed by atoms with Gasteiger partial charge in [0.15, 0.2) is 0 Å². The summed E-state index contributed by atoms with van der Waals surface area (Å²) in [4.78, 5) is 4.29. The Morgan fingerprint density at radius 3 is 2.73 bits per heavy atom. The van der Waals surface area contributed by atoms with Crippen molar-refractivity contribution in [3.63, 3.8) is 0 Å². The minimum absolute atomic E-state index is 0.644. The van der Waals surface area contributed by atoms with Crippen molar-refractivity contribution in [2.75, 3.05) is 5.32 Å². The zero-order valence-corrected chi connectivity index (χ0v) is 11.9. The zero-order chi connectivity index (χ0) is 14.8. The maximum absolute atomic E-state index is 5.35. The lowest BCUT2D eigenvalue weighted by atomic mass is 10.1. The molecule has 0 fully saturated rings. The molecule has 0 aliphatic rings. The highest BCUT2D eigenvalue weighted by molar-refractivity contribution is 5.81. The average molecular weight is 289 g/mol. The van der Waals surface area contributed by atoms with Gasteiger partial charge in [-0.25, -0.2) is 4.98 Å². The molecule has 1 aromatic carbocycles. The molecule has 0 amide bonds. The van der Waals surface area contributed by atoms with Crippen LogP contribution in [0.15, 0.2) is 77.8 Å². The fourth-order valence-electron chi connectivity index (χ4n) is 2.61. The van der Waals surface area contributed by atoms with Crippen molar-refractivity contribution in [2.45, 2.75) is 6.54 Å². The molecule has 0 bridgehead atoms. The van der Waals surface area contributed by atoms with Gasteiger partial charge in [0, 0.05) is 5.56 Å². The Balaban J connectivity index is 1.72. The van der Waals surface area contributed by atoms with Crippen molar-refractivity contribution in [3.8, 4) is 11.1 Å². The largest absolute Gasteiger partial charge is 0.467 e. The third-order valence-corrected chi connectivity index (χ3v) is 3.69. The van der Waals surface area contributed by atoms with E-state index in [2.05, 4.69) is 39.0 Å². The number of furan rings is 1. The minimum Gasteiger partial charge on any atom is -0.467 e. The Kier molecular flexibility index (Phi) is 3.12. The van der Waals surface area contributed by atoms with Crippen molar-refractivity contribution in [3.05, 3.63) is 79.1 Å². The van der Waals surface area contributed by atoms with Crippen molar-refractivity contribution >= 4 is 11.3 Å². The van der Waals surface area contributed by atoms with Gasteiger partial charge in [-0.2, -0.15) is 0 Å². The number of benzene rings is 1. The molecule has 4 rings (SSSR count). The molecule has 0 unspecified atom stereocenters. The summed E-state index contributed by atoms with van der Waals surface area (Å²) in [6.45, 7) is 0.644. The van der Waals surface area contributed by atoms with Crippen LogP contribution in [0.1, 0.15) is 5.76 Å². The number of nitrogens with one attached hydrogen (secondary N) is 1. The second kappa shape index (κ2) is 5.41. The summed E-state index contributed by atoms with van der Waals surface area (Å²) < 4.78 is 7.42. The highest BCUT2D eigenvalue weighted by atomic mass is 16.3. The number of anilines is 1. The van der Waals surface area contributed by atoms with Crippen LogP contribution in [0.3, 0.4) is 0 Å². The van der Waals surface area contributed by atoms with Crippen LogP contribution in [-0.4, -0.2) is 9.38 Å². The van der Waals surface area contributed by atoms with Gasteiger partial charge in [0.05, 0.1) is 24.5 Å². The first-order valence-corrected chi connectivity index (χ1v) is 7.18. The Labute approximate surface area is 128 Å². The summed E-state index contributed by atoms with van der Waals surface area (Å²) >= 11 is 0. The first-order chi connectivity index (χ1) is 10.9. The molecule has 1 N–H and O–H groups in total. The number of pyridine rings is 1. The van der Waals surface area contributed by atoms with E-state index in [9.17, 15) is 0 Å². The number of fused-ring (bicyclic) bond motifs is 1. The monoisotopic (exact) mass is 289 g/mol. The van der Waals surface area contributed by atoms with Gasteiger partial charge in [-0.1, -0.05) is 30.3 Å². The summed E-state index contributed by atoms with van der Waals surface area (Å²) in [5.41, 5.74) is 3.43. The first kappa shape index (κ1) is 12.7. The summed E-state index contributed by atoms with van der Waals surface area (Å²) in [7, 11) is 0. The third kappa shape index (κ3) is 2.24. The van der Waals surface area contributed by atoms with Gasteiger partial charge in [0.1, 0.15) is 17.9 Å². The molecule has 0 saturated carbocycles. The highest BCUT2D eigenvalue weighted by Gasteiger charge is 2.08. The molecule has 108 valence electrons. The zero-order valence-electron chi connectivity index (χ0n) is 11.9. The Morgan fingerprint density at radius 1 is 1.00 bits per heavy atom. The number of rotatable bonds is 4. The fraction of sp³-hybridized carbons (Fsp3) is 0.0556. The predicted octanol–water partition coefficient (Wildman–Crippen LogP) is 4.21. The van der Waals surface area contributed by atoms with Crippen molar-refractivity contribution in [2.24, 2.45) is 0 Å². The van der Waals surface area contributed by atoms with E-state index in [0.29, 0.717) is 6.54 Å². The van der Waals surface area contributed by atoms with Crippen molar-refractivity contribution in [1.29, 1.82) is 0 Å². The summed E-state index contributed by atoms with van der Waals surface area (Å²) in [5, 5.41) is 3.38. The van der Waals surface area contributed by atoms with Crippen LogP contribution < -0.4 is 5.32 Å². The Hall–Kier alpha value is -3.01. The topological polar surface area (TPSA) is 42.5 Å². The van der Waals surface area contributed by atoms with Crippen LogP contribution in [0, 0.1) is 0 Å². The van der Waals surface area contributed by atoms with E-state index in [4.69, 9.17) is 4.42 Å². The number of imidazole rings is 1. The number of hydrogen-bond acceptors (Lipinski definition) is 3. The van der Waals surface area contributed by atoms with E-state index in [1.165, 1.54) is 11.1 Å². The molecular weight excluding hydrogens is 274 g/mol. The summed E-state index contributed by atoms with van der Waals surface area (Å²) in [6.07, 6.45) is 5.40. The van der Waals surface area contributed by atoms with Crippen LogP contribution in [0.4, 0.5) is 5.82 Å². The average Bonchev–Trinajstić information content (AvgIpc) is 3.25. The predicted molar refractivity (Wildman–Crippen MR) is 86.7 cm³/mol. The molecule has 0 saturated heterocycles. The number of nitrogens with zero attached hydrogens (tertiary/aromatic N) is 2. The van der Waals surface area contributed by atoms with Gasteiger partial charge < -0.3 is 9.73 Å². The molecule has 3 heterocycles. The fourth-order valence-corrected chi connectivity index (χ4v) is 2.61. The Bertz CT molecular complexity index is 879. The number of hydrogen-bond donors (Lipinski definition) is 1. The lowest BCUT2D eigenvalue weighted by Crippen LogP contribution is -2.03. The van der Waals surface area contributed by atoms with E-state index in [1.807, 2.05) is 42.9 Å². The molecule has 0 aliphatic carbocycles. The molecule has 4 aromatic rings. The molecule has 3 aromatic heterocycles. The number of aromatic nitrogens is 2. The second-order valence-electron chi connectivity index (χ2n) is 5.08. The van der Waals surface area contributed by atoms with Gasteiger partial charge in [-0.15, -0.1) is 0 Å².